The van der Waals surface area contributed by atoms with Gasteiger partial charge in [-0.1, -0.05) is 17.7 Å². The molecule has 10 nitrogen and oxygen atoms in total. The van der Waals surface area contributed by atoms with Crippen molar-refractivity contribution in [2.45, 2.75) is 18.9 Å². The van der Waals surface area contributed by atoms with Crippen LogP contribution in [0.2, 0.25) is 5.02 Å². The molecule has 4 aromatic rings. The Balaban J connectivity index is 1.66. The fourth-order valence-electron chi connectivity index (χ4n) is 2.98. The van der Waals surface area contributed by atoms with Gasteiger partial charge in [0.1, 0.15) is 11.4 Å². The molecule has 154 valence electrons. The number of hydrogen-bond acceptors (Lipinski definition) is 6. The van der Waals surface area contributed by atoms with E-state index < -0.39 is 5.69 Å². The third-order valence-corrected chi connectivity index (χ3v) is 4.91. The molecule has 0 radical (unpaired) electrons. The molecule has 0 spiro atoms. The summed E-state index contributed by atoms with van der Waals surface area (Å²) >= 11 is 6.24. The molecule has 11 heteroatoms. The number of aromatic amines is 2. The van der Waals surface area contributed by atoms with Crippen molar-refractivity contribution < 1.29 is 9.84 Å². The summed E-state index contributed by atoms with van der Waals surface area (Å²) in [5.74, 6) is 0.304. The summed E-state index contributed by atoms with van der Waals surface area (Å²) in [5.41, 5.74) is 1.05. The predicted octanol–water partition coefficient (Wildman–Crippen LogP) is 2.06. The van der Waals surface area contributed by atoms with Gasteiger partial charge in [0.05, 0.1) is 23.8 Å². The zero-order valence-corrected chi connectivity index (χ0v) is 16.6. The van der Waals surface area contributed by atoms with Crippen LogP contribution in [0.25, 0.3) is 16.6 Å². The molecule has 31 heavy (non-hydrogen) atoms. The van der Waals surface area contributed by atoms with Crippen LogP contribution in [0, 0.1) is 6.57 Å². The van der Waals surface area contributed by atoms with E-state index in [4.69, 9.17) is 22.9 Å². The van der Waals surface area contributed by atoms with Gasteiger partial charge in [-0.25, -0.2) is 9.64 Å². The van der Waals surface area contributed by atoms with Crippen LogP contribution < -0.4 is 21.1 Å². The fraction of sp³-hybridized carbons (Fsp3) is 0.150. The van der Waals surface area contributed by atoms with Gasteiger partial charge in [-0.2, -0.15) is 14.6 Å². The second-order valence-corrected chi connectivity index (χ2v) is 7.37. The van der Waals surface area contributed by atoms with Crippen LogP contribution in [0.4, 0.5) is 5.69 Å². The maximum atomic E-state index is 11.4. The Kier molecular flexibility index (Phi) is 4.45. The number of rotatable bonds is 4. The Morgan fingerprint density at radius 3 is 2.87 bits per heavy atom. The minimum Gasteiger partial charge on any atom is -0.493 e. The molecule has 0 amide bonds. The highest BCUT2D eigenvalue weighted by atomic mass is 35.5. The van der Waals surface area contributed by atoms with Crippen LogP contribution in [0.15, 0.2) is 40.2 Å². The average Bonchev–Trinajstić information content (AvgIpc) is 3.38. The number of ether oxygens (including phenoxy) is 1. The third kappa shape index (κ3) is 3.74. The summed E-state index contributed by atoms with van der Waals surface area (Å²) < 4.78 is 7.46. The number of fused-ring (bicyclic) bond motifs is 1. The number of hydrogen-bond donors (Lipinski definition) is 3. The smallest absolute Gasteiger partial charge is 0.326 e. The first-order chi connectivity index (χ1) is 15.0. The molecule has 3 heterocycles. The van der Waals surface area contributed by atoms with Crippen LogP contribution >= 0.6 is 11.6 Å². The van der Waals surface area contributed by atoms with Gasteiger partial charge in [0, 0.05) is 11.3 Å². The standard InChI is InChI=1S/C20H14ClN7O3/c1-22-12-4-5-15(13(21)7-12)31-17-8-16(24-11-2-3-11)28-18(26-17)10(9-23-28)6-14-19(29)27-20(30)25-14/h4-9,11,29H,2-3H2,(H2,25,27,30). The van der Waals surface area contributed by atoms with Crippen molar-refractivity contribution >= 4 is 29.0 Å². The monoisotopic (exact) mass is 435 g/mol. The molecule has 1 aliphatic rings. The van der Waals surface area contributed by atoms with E-state index in [1.54, 1.807) is 35.0 Å². The first-order valence-electron chi connectivity index (χ1n) is 9.30. The molecular weight excluding hydrogens is 422 g/mol. The van der Waals surface area contributed by atoms with Gasteiger partial charge in [-0.15, -0.1) is 0 Å². The molecular formula is C20H14ClN7O3. The number of benzene rings is 1. The van der Waals surface area contributed by atoms with E-state index in [2.05, 4.69) is 29.9 Å². The number of H-pyrrole nitrogens is 2. The van der Waals surface area contributed by atoms with Crippen LogP contribution in [0.1, 0.15) is 18.5 Å². The lowest BCUT2D eigenvalue weighted by atomic mass is 10.3. The van der Waals surface area contributed by atoms with E-state index in [1.165, 1.54) is 6.07 Å². The molecule has 3 aromatic heterocycles. The van der Waals surface area contributed by atoms with Gasteiger partial charge in [0.15, 0.2) is 16.8 Å². The number of nitrogens with one attached hydrogen (secondary N) is 2. The van der Waals surface area contributed by atoms with Crippen molar-refractivity contribution in [1.29, 1.82) is 0 Å². The van der Waals surface area contributed by atoms with Gasteiger partial charge >= 0.3 is 5.69 Å². The lowest BCUT2D eigenvalue weighted by Crippen LogP contribution is -2.19. The molecule has 1 saturated carbocycles. The Hall–Kier alpha value is -4.10. The number of nitrogens with zero attached hydrogens (tertiary/aromatic N) is 5. The second-order valence-electron chi connectivity index (χ2n) is 6.96. The fourth-order valence-corrected chi connectivity index (χ4v) is 3.19. The first-order valence-corrected chi connectivity index (χ1v) is 9.68. The Morgan fingerprint density at radius 2 is 2.19 bits per heavy atom. The highest BCUT2D eigenvalue weighted by molar-refractivity contribution is 6.32. The zero-order valence-electron chi connectivity index (χ0n) is 15.8. The van der Waals surface area contributed by atoms with Gasteiger partial charge in [-0.05, 0) is 31.1 Å². The summed E-state index contributed by atoms with van der Waals surface area (Å²) in [6.07, 6.45) is 5.11. The summed E-state index contributed by atoms with van der Waals surface area (Å²) in [6, 6.07) is 6.61. The molecule has 1 aliphatic carbocycles. The number of halogens is 1. The van der Waals surface area contributed by atoms with Gasteiger partial charge in [0.2, 0.25) is 11.8 Å². The molecule has 1 fully saturated rings. The quantitative estimate of drug-likeness (QED) is 0.423. The van der Waals surface area contributed by atoms with E-state index in [0.29, 0.717) is 27.8 Å². The molecule has 0 saturated heterocycles. The maximum Gasteiger partial charge on any atom is 0.326 e. The lowest BCUT2D eigenvalue weighted by molar-refractivity contribution is 0.454. The SMILES string of the molecule is [C-]#[N+]c1ccc(Oc2cc(=NC3CC3)n3ncc(=Cc4[nH]c(=O)[nH]c4O)c3n2)c(Cl)c1. The first kappa shape index (κ1) is 18.9. The molecule has 0 atom stereocenters. The topological polar surface area (TPSA) is 125 Å². The van der Waals surface area contributed by atoms with Crippen molar-refractivity contribution in [3.63, 3.8) is 0 Å². The summed E-state index contributed by atoms with van der Waals surface area (Å²) in [7, 11) is 0. The summed E-state index contributed by atoms with van der Waals surface area (Å²) in [4.78, 5) is 28.7. The van der Waals surface area contributed by atoms with Crippen molar-refractivity contribution in [2.75, 3.05) is 0 Å². The highest BCUT2D eigenvalue weighted by Crippen LogP contribution is 2.31. The van der Waals surface area contributed by atoms with Crippen LogP contribution in [0.3, 0.4) is 0 Å². The number of aromatic nitrogens is 5. The maximum absolute atomic E-state index is 11.4. The molecule has 0 bridgehead atoms. The normalized spacial score (nSPS) is 14.8. The Labute approximate surface area is 179 Å². The van der Waals surface area contributed by atoms with Crippen molar-refractivity contribution in [3.05, 3.63) is 73.8 Å². The summed E-state index contributed by atoms with van der Waals surface area (Å²) in [5, 5.41) is 15.0. The average molecular weight is 436 g/mol. The largest absolute Gasteiger partial charge is 0.493 e. The van der Waals surface area contributed by atoms with Crippen LogP contribution in [-0.4, -0.2) is 35.7 Å². The van der Waals surface area contributed by atoms with Gasteiger partial charge < -0.3 is 14.8 Å². The summed E-state index contributed by atoms with van der Waals surface area (Å²) in [6.45, 7) is 7.08. The van der Waals surface area contributed by atoms with Gasteiger partial charge in [-0.3, -0.25) is 9.98 Å². The molecule has 1 aromatic carbocycles. The Bertz CT molecular complexity index is 1540. The minimum atomic E-state index is -0.529. The van der Waals surface area contributed by atoms with Crippen LogP contribution in [-0.2, 0) is 0 Å². The predicted molar refractivity (Wildman–Crippen MR) is 111 cm³/mol. The zero-order chi connectivity index (χ0) is 21.5. The molecule has 5 rings (SSSR count). The number of imidazole rings is 1. The van der Waals surface area contributed by atoms with E-state index >= 15 is 0 Å². The second kappa shape index (κ2) is 7.30. The van der Waals surface area contributed by atoms with Crippen molar-refractivity contribution in [3.8, 4) is 17.5 Å². The lowest BCUT2D eigenvalue weighted by Gasteiger charge is -2.07. The van der Waals surface area contributed by atoms with E-state index in [-0.39, 0.29) is 28.5 Å². The highest BCUT2D eigenvalue weighted by Gasteiger charge is 2.20. The molecule has 0 aliphatic heterocycles. The van der Waals surface area contributed by atoms with E-state index in [9.17, 15) is 9.90 Å². The van der Waals surface area contributed by atoms with E-state index in [1.807, 2.05) is 0 Å². The van der Waals surface area contributed by atoms with Gasteiger partial charge in [0.25, 0.3) is 0 Å². The number of aromatic hydroxyl groups is 1. The Morgan fingerprint density at radius 1 is 1.35 bits per heavy atom. The van der Waals surface area contributed by atoms with E-state index in [0.717, 1.165) is 12.8 Å². The molecule has 3 N–H and O–H groups in total. The van der Waals surface area contributed by atoms with Crippen LogP contribution in [0.5, 0.6) is 17.5 Å². The van der Waals surface area contributed by atoms with Crippen molar-refractivity contribution in [2.24, 2.45) is 4.99 Å². The van der Waals surface area contributed by atoms with Crippen molar-refractivity contribution in [1.82, 2.24) is 24.6 Å². The molecule has 0 unspecified atom stereocenters. The minimum absolute atomic E-state index is 0.200. The third-order valence-electron chi connectivity index (χ3n) is 4.61.